The van der Waals surface area contributed by atoms with Crippen LogP contribution in [0.3, 0.4) is 0 Å². The third-order valence-corrected chi connectivity index (χ3v) is 8.87. The number of benzene rings is 2. The first kappa shape index (κ1) is 29.3. The molecule has 43 heavy (non-hydrogen) atoms. The summed E-state index contributed by atoms with van der Waals surface area (Å²) < 4.78 is 23.1. The number of aliphatic imine (C=N–C) groups is 2. The molecule has 10 heteroatoms. The number of carbonyl (C=O) groups is 2. The summed E-state index contributed by atoms with van der Waals surface area (Å²) in [5.41, 5.74) is 2.51. The van der Waals surface area contributed by atoms with Crippen LogP contribution in [0.4, 0.5) is 11.4 Å². The number of unbranched alkanes of at least 4 members (excludes halogenated alkanes) is 4. The van der Waals surface area contributed by atoms with Gasteiger partial charge in [0, 0.05) is 50.9 Å². The highest BCUT2D eigenvalue weighted by Gasteiger charge is 2.40. The second-order valence-corrected chi connectivity index (χ2v) is 11.5. The predicted molar refractivity (Wildman–Crippen MR) is 164 cm³/mol. The first-order valence-corrected chi connectivity index (χ1v) is 15.4. The Bertz CT molecular complexity index is 1290. The molecule has 2 saturated heterocycles. The van der Waals surface area contributed by atoms with Crippen molar-refractivity contribution in [3.8, 4) is 11.5 Å². The number of rotatable bonds is 12. The summed E-state index contributed by atoms with van der Waals surface area (Å²) >= 11 is 0. The van der Waals surface area contributed by atoms with Crippen molar-refractivity contribution < 1.29 is 28.5 Å². The molecule has 4 aliphatic rings. The predicted octanol–water partition coefficient (Wildman–Crippen LogP) is 4.99. The van der Waals surface area contributed by atoms with Crippen molar-refractivity contribution in [1.29, 1.82) is 0 Å². The fourth-order valence-electron chi connectivity index (χ4n) is 6.44. The largest absolute Gasteiger partial charge is 0.497 e. The van der Waals surface area contributed by atoms with E-state index in [0.717, 1.165) is 44.9 Å². The number of amides is 2. The molecule has 4 heterocycles. The molecule has 2 aromatic rings. The summed E-state index contributed by atoms with van der Waals surface area (Å²) in [6.45, 7) is 2.70. The van der Waals surface area contributed by atoms with Crippen LogP contribution in [0.5, 0.6) is 11.5 Å². The van der Waals surface area contributed by atoms with Gasteiger partial charge in [0.15, 0.2) is 0 Å². The Labute approximate surface area is 252 Å². The van der Waals surface area contributed by atoms with E-state index in [1.807, 2.05) is 22.2 Å². The maximum absolute atomic E-state index is 13.1. The molecule has 4 atom stereocenters. The van der Waals surface area contributed by atoms with Gasteiger partial charge in [-0.15, -0.1) is 0 Å². The van der Waals surface area contributed by atoms with Crippen LogP contribution >= 0.6 is 0 Å². The number of hydrogen-bond acceptors (Lipinski definition) is 8. The van der Waals surface area contributed by atoms with Crippen molar-refractivity contribution >= 4 is 35.6 Å². The zero-order chi connectivity index (χ0) is 29.8. The van der Waals surface area contributed by atoms with Crippen molar-refractivity contribution in [2.75, 3.05) is 40.5 Å². The van der Waals surface area contributed by atoms with Crippen LogP contribution in [0, 0.1) is 0 Å². The Kier molecular flexibility index (Phi) is 9.04. The molecular formula is C33H40N4O6. The summed E-state index contributed by atoms with van der Waals surface area (Å²) in [6.07, 6.45) is 10.5. The molecule has 0 spiro atoms. The molecule has 2 amide bonds. The molecule has 228 valence electrons. The van der Waals surface area contributed by atoms with Crippen molar-refractivity contribution in [1.82, 2.24) is 9.80 Å². The van der Waals surface area contributed by atoms with Crippen LogP contribution < -0.4 is 9.47 Å². The van der Waals surface area contributed by atoms with Gasteiger partial charge in [0.2, 0.25) is 0 Å². The molecule has 0 N–H and O–H groups in total. The first-order chi connectivity index (χ1) is 21.1. The second kappa shape index (κ2) is 13.3. The minimum absolute atomic E-state index is 0.00229. The summed E-state index contributed by atoms with van der Waals surface area (Å²) in [4.78, 5) is 39.2. The number of fused-ring (bicyclic) bond motifs is 4. The van der Waals surface area contributed by atoms with E-state index in [2.05, 4.69) is 9.98 Å². The zero-order valence-corrected chi connectivity index (χ0v) is 24.9. The summed E-state index contributed by atoms with van der Waals surface area (Å²) in [7, 11) is 3.22. The molecule has 10 nitrogen and oxygen atoms in total. The normalized spacial score (nSPS) is 23.9. The van der Waals surface area contributed by atoms with E-state index in [-0.39, 0.29) is 36.1 Å². The van der Waals surface area contributed by atoms with Crippen LogP contribution in [-0.4, -0.2) is 98.9 Å². The maximum atomic E-state index is 13.1. The number of nitrogens with zero attached hydrogens (tertiary/aromatic N) is 4. The lowest BCUT2D eigenvalue weighted by molar-refractivity contribution is 0.0381. The smallest absolute Gasteiger partial charge is 0.256 e. The molecule has 2 fully saturated rings. The third-order valence-electron chi connectivity index (χ3n) is 8.87. The molecule has 0 aliphatic carbocycles. The Morgan fingerprint density at radius 3 is 1.56 bits per heavy atom. The van der Waals surface area contributed by atoms with E-state index in [4.69, 9.17) is 18.9 Å². The van der Waals surface area contributed by atoms with Gasteiger partial charge >= 0.3 is 0 Å². The Balaban J connectivity index is 0.882. The van der Waals surface area contributed by atoms with Gasteiger partial charge in [-0.25, -0.2) is 0 Å². The van der Waals surface area contributed by atoms with Gasteiger partial charge in [-0.05, 0) is 49.9 Å². The minimum atomic E-state index is -0.139. The summed E-state index contributed by atoms with van der Waals surface area (Å²) in [5, 5.41) is 0. The third kappa shape index (κ3) is 6.17. The average molecular weight is 589 g/mol. The lowest BCUT2D eigenvalue weighted by Crippen LogP contribution is -2.40. The average Bonchev–Trinajstić information content (AvgIpc) is 3.56. The van der Waals surface area contributed by atoms with E-state index in [0.29, 0.717) is 60.3 Å². The van der Waals surface area contributed by atoms with E-state index in [1.165, 1.54) is 0 Å². The molecule has 0 aromatic heterocycles. The van der Waals surface area contributed by atoms with Crippen LogP contribution in [0.25, 0.3) is 0 Å². The number of hydrogen-bond donors (Lipinski definition) is 0. The lowest BCUT2D eigenvalue weighted by atomic mass is 10.1. The second-order valence-electron chi connectivity index (χ2n) is 11.5. The molecular weight excluding hydrogens is 548 g/mol. The van der Waals surface area contributed by atoms with E-state index >= 15 is 0 Å². The lowest BCUT2D eigenvalue weighted by Gasteiger charge is -2.24. The van der Waals surface area contributed by atoms with Gasteiger partial charge in [0.25, 0.3) is 11.8 Å². The Morgan fingerprint density at radius 2 is 1.12 bits per heavy atom. The molecule has 2 unspecified atom stereocenters. The van der Waals surface area contributed by atoms with Crippen LogP contribution in [-0.2, 0) is 9.47 Å². The van der Waals surface area contributed by atoms with Gasteiger partial charge in [-0.2, -0.15) is 0 Å². The summed E-state index contributed by atoms with van der Waals surface area (Å²) in [5.74, 6) is 1.38. The first-order valence-electron chi connectivity index (χ1n) is 15.4. The van der Waals surface area contributed by atoms with Crippen molar-refractivity contribution in [3.63, 3.8) is 0 Å². The number of ether oxygens (including phenoxy) is 4. The van der Waals surface area contributed by atoms with Crippen molar-refractivity contribution in [2.45, 2.75) is 69.2 Å². The maximum Gasteiger partial charge on any atom is 0.256 e. The topological polar surface area (TPSA) is 102 Å². The van der Waals surface area contributed by atoms with Crippen LogP contribution in [0.2, 0.25) is 0 Å². The van der Waals surface area contributed by atoms with Crippen LogP contribution in [0.1, 0.15) is 65.7 Å². The van der Waals surface area contributed by atoms with E-state index < -0.39 is 0 Å². The molecule has 6 rings (SSSR count). The van der Waals surface area contributed by atoms with Crippen molar-refractivity contribution in [2.24, 2.45) is 9.98 Å². The Morgan fingerprint density at radius 1 is 0.674 bits per heavy atom. The molecule has 4 aliphatic heterocycles. The standard InChI is InChI=1S/C33H40N4O6/c1-40-22-8-10-24-26(18-22)34-20-28-30(12-14-36(28)32(24)38)42-16-6-4-3-5-7-17-43-31-13-15-37-29(31)21-35-27-19-23(41-2)9-11-25(27)33(37)39/h8-11,18-21,28-31H,3-7,12-17H2,1-2H3/t28-,29-,30?,31?/m1/s1. The summed E-state index contributed by atoms with van der Waals surface area (Å²) in [6, 6.07) is 10.5. The quantitative estimate of drug-likeness (QED) is 0.324. The highest BCUT2D eigenvalue weighted by Crippen LogP contribution is 2.34. The van der Waals surface area contributed by atoms with Gasteiger partial charge < -0.3 is 28.7 Å². The monoisotopic (exact) mass is 588 g/mol. The van der Waals surface area contributed by atoms with E-state index in [9.17, 15) is 9.59 Å². The van der Waals surface area contributed by atoms with Crippen LogP contribution in [0.15, 0.2) is 46.4 Å². The highest BCUT2D eigenvalue weighted by molar-refractivity contribution is 6.04. The fourth-order valence-corrected chi connectivity index (χ4v) is 6.44. The Hall–Kier alpha value is -3.76. The van der Waals surface area contributed by atoms with E-state index in [1.54, 1.807) is 50.6 Å². The van der Waals surface area contributed by atoms with Gasteiger partial charge in [0.05, 0.1) is 61.0 Å². The molecule has 0 bridgehead atoms. The zero-order valence-electron chi connectivity index (χ0n) is 24.9. The minimum Gasteiger partial charge on any atom is -0.497 e. The number of methoxy groups -OCH3 is 2. The van der Waals surface area contributed by atoms with Gasteiger partial charge in [0.1, 0.15) is 11.5 Å². The van der Waals surface area contributed by atoms with Crippen molar-refractivity contribution in [3.05, 3.63) is 47.5 Å². The number of carbonyl (C=O) groups excluding carboxylic acids is 2. The molecule has 2 aromatic carbocycles. The highest BCUT2D eigenvalue weighted by atomic mass is 16.5. The molecule has 0 radical (unpaired) electrons. The van der Waals surface area contributed by atoms with Gasteiger partial charge in [-0.3, -0.25) is 19.6 Å². The van der Waals surface area contributed by atoms with Gasteiger partial charge in [-0.1, -0.05) is 19.3 Å². The fraction of sp³-hybridized carbons (Fsp3) is 0.515. The molecule has 0 saturated carbocycles. The SMILES string of the molecule is COc1ccc2c(c1)N=C[C@@H]1C(OCCCCCCCOC3CCN4C(=O)c5ccc(OC)cc5N=C[C@H]34)CCN1C2=O.